The number of nitrogens with zero attached hydrogens (tertiary/aromatic N) is 3. The van der Waals surface area contributed by atoms with Crippen LogP contribution >= 0.6 is 11.6 Å². The van der Waals surface area contributed by atoms with Gasteiger partial charge in [0.15, 0.2) is 21.3 Å². The van der Waals surface area contributed by atoms with Crippen LogP contribution < -0.4 is 4.74 Å². The van der Waals surface area contributed by atoms with Crippen LogP contribution in [0.2, 0.25) is 5.02 Å². The van der Waals surface area contributed by atoms with Gasteiger partial charge in [0.1, 0.15) is 5.75 Å². The Morgan fingerprint density at radius 2 is 1.86 bits per heavy atom. The number of rotatable bonds is 4. The fourth-order valence-corrected chi connectivity index (χ4v) is 3.26. The van der Waals surface area contributed by atoms with Crippen molar-refractivity contribution < 1.29 is 26.3 Å². The second kappa shape index (κ2) is 7.10. The van der Waals surface area contributed by atoms with E-state index in [0.717, 1.165) is 23.2 Å². The van der Waals surface area contributed by atoms with Gasteiger partial charge >= 0.3 is 6.18 Å². The maximum atomic E-state index is 13.2. The van der Waals surface area contributed by atoms with E-state index < -0.39 is 21.7 Å². The Morgan fingerprint density at radius 1 is 1.14 bits per heavy atom. The van der Waals surface area contributed by atoms with Crippen molar-refractivity contribution in [1.82, 2.24) is 14.8 Å². The van der Waals surface area contributed by atoms with Gasteiger partial charge in [-0.25, -0.2) is 18.1 Å². The van der Waals surface area contributed by atoms with Gasteiger partial charge in [0.05, 0.1) is 22.7 Å². The van der Waals surface area contributed by atoms with Crippen molar-refractivity contribution in [2.75, 3.05) is 13.4 Å². The first-order chi connectivity index (χ1) is 13.0. The summed E-state index contributed by atoms with van der Waals surface area (Å²) in [6.07, 6.45) is -2.61. The average Bonchev–Trinajstić information content (AvgIpc) is 3.07. The first-order valence-electron chi connectivity index (χ1n) is 7.68. The SMILES string of the molecule is COc1ccc(-c2cc(C(F)(F)F)nn2-c2ccc(S(C)(=O)=O)cn2)cc1Cl. The summed E-state index contributed by atoms with van der Waals surface area (Å²) in [7, 11) is -2.08. The molecule has 0 fully saturated rings. The van der Waals surface area contributed by atoms with E-state index in [9.17, 15) is 21.6 Å². The number of methoxy groups -OCH3 is 1. The van der Waals surface area contributed by atoms with Crippen LogP contribution in [0.1, 0.15) is 5.69 Å². The Balaban J connectivity index is 2.18. The molecular formula is C17H13ClF3N3O3S. The molecule has 0 saturated carbocycles. The summed E-state index contributed by atoms with van der Waals surface area (Å²) in [5.41, 5.74) is -0.692. The molecule has 0 unspecified atom stereocenters. The quantitative estimate of drug-likeness (QED) is 0.623. The molecule has 0 atom stereocenters. The molecule has 3 rings (SSSR count). The number of halogens is 4. The standard InChI is InChI=1S/C17H13ClF3N3O3S/c1-27-14-5-3-10(7-12(14)18)13-8-15(17(19,20)21)23-24(13)16-6-4-11(9-22-16)28(2,25)26/h3-9H,1-2H3. The van der Waals surface area contributed by atoms with E-state index in [4.69, 9.17) is 16.3 Å². The highest BCUT2D eigenvalue weighted by Gasteiger charge is 2.35. The highest BCUT2D eigenvalue weighted by molar-refractivity contribution is 7.90. The number of pyridine rings is 1. The molecule has 0 N–H and O–H groups in total. The number of ether oxygens (including phenoxy) is 1. The van der Waals surface area contributed by atoms with Crippen LogP contribution in [-0.2, 0) is 16.0 Å². The number of hydrogen-bond donors (Lipinski definition) is 0. The number of sulfone groups is 1. The third-order valence-electron chi connectivity index (χ3n) is 3.81. The molecule has 0 bridgehead atoms. The zero-order chi connectivity index (χ0) is 20.7. The minimum absolute atomic E-state index is 0.0184. The van der Waals surface area contributed by atoms with Gasteiger partial charge in [0, 0.05) is 18.0 Å². The summed E-state index contributed by atoms with van der Waals surface area (Å²) in [6, 6.07) is 7.88. The fraction of sp³-hybridized carbons (Fsp3) is 0.176. The molecule has 0 amide bonds. The molecule has 0 radical (unpaired) electrons. The van der Waals surface area contributed by atoms with E-state index in [1.54, 1.807) is 0 Å². The zero-order valence-electron chi connectivity index (χ0n) is 14.5. The summed E-state index contributed by atoms with van der Waals surface area (Å²) < 4.78 is 68.8. The van der Waals surface area contributed by atoms with Crippen molar-refractivity contribution in [1.29, 1.82) is 0 Å². The Morgan fingerprint density at radius 3 is 2.36 bits per heavy atom. The van der Waals surface area contributed by atoms with Gasteiger partial charge in [0.2, 0.25) is 0 Å². The normalized spacial score (nSPS) is 12.2. The van der Waals surface area contributed by atoms with Crippen LogP contribution in [0.15, 0.2) is 47.5 Å². The van der Waals surface area contributed by atoms with Gasteiger partial charge in [-0.1, -0.05) is 11.6 Å². The average molecular weight is 432 g/mol. The molecule has 0 saturated heterocycles. The highest BCUT2D eigenvalue weighted by Crippen LogP contribution is 2.35. The molecule has 0 aliphatic heterocycles. The van der Waals surface area contributed by atoms with Gasteiger partial charge in [-0.3, -0.25) is 0 Å². The number of aromatic nitrogens is 3. The molecule has 0 spiro atoms. The maximum Gasteiger partial charge on any atom is 0.435 e. The van der Waals surface area contributed by atoms with Crippen LogP contribution in [0.5, 0.6) is 5.75 Å². The second-order valence-electron chi connectivity index (χ2n) is 5.80. The first-order valence-corrected chi connectivity index (χ1v) is 9.95. The lowest BCUT2D eigenvalue weighted by Crippen LogP contribution is -2.08. The molecule has 2 aromatic heterocycles. The molecule has 0 aliphatic carbocycles. The predicted octanol–water partition coefficient (Wildman–Crippen LogP) is 4.02. The summed E-state index contributed by atoms with van der Waals surface area (Å²) in [6.45, 7) is 0. The summed E-state index contributed by atoms with van der Waals surface area (Å²) >= 11 is 6.09. The highest BCUT2D eigenvalue weighted by atomic mass is 35.5. The maximum absolute atomic E-state index is 13.2. The largest absolute Gasteiger partial charge is 0.495 e. The fourth-order valence-electron chi connectivity index (χ4n) is 2.44. The van der Waals surface area contributed by atoms with E-state index in [0.29, 0.717) is 11.3 Å². The van der Waals surface area contributed by atoms with Crippen molar-refractivity contribution in [2.45, 2.75) is 11.1 Å². The Bertz CT molecular complexity index is 1130. The topological polar surface area (TPSA) is 74.1 Å². The number of benzene rings is 1. The Kier molecular flexibility index (Phi) is 5.11. The summed E-state index contributed by atoms with van der Waals surface area (Å²) in [4.78, 5) is 3.89. The van der Waals surface area contributed by atoms with Gasteiger partial charge in [-0.05, 0) is 36.4 Å². The van der Waals surface area contributed by atoms with E-state index in [-0.39, 0.29) is 21.4 Å². The van der Waals surface area contributed by atoms with Crippen LogP contribution in [0.3, 0.4) is 0 Å². The van der Waals surface area contributed by atoms with Gasteiger partial charge in [-0.15, -0.1) is 0 Å². The van der Waals surface area contributed by atoms with Crippen LogP contribution in [-0.4, -0.2) is 36.5 Å². The molecule has 2 heterocycles. The zero-order valence-corrected chi connectivity index (χ0v) is 16.1. The number of hydrogen-bond acceptors (Lipinski definition) is 5. The lowest BCUT2D eigenvalue weighted by molar-refractivity contribution is -0.141. The van der Waals surface area contributed by atoms with Crippen molar-refractivity contribution in [3.8, 4) is 22.8 Å². The van der Waals surface area contributed by atoms with E-state index in [2.05, 4.69) is 10.1 Å². The molecular weight excluding hydrogens is 419 g/mol. The molecule has 6 nitrogen and oxygen atoms in total. The van der Waals surface area contributed by atoms with E-state index in [1.165, 1.54) is 37.4 Å². The lowest BCUT2D eigenvalue weighted by Gasteiger charge is -2.09. The third kappa shape index (κ3) is 3.97. The first kappa shape index (κ1) is 20.2. The van der Waals surface area contributed by atoms with Crippen LogP contribution in [0, 0.1) is 0 Å². The van der Waals surface area contributed by atoms with Crippen molar-refractivity contribution in [3.05, 3.63) is 53.3 Å². The van der Waals surface area contributed by atoms with Crippen molar-refractivity contribution >= 4 is 21.4 Å². The second-order valence-corrected chi connectivity index (χ2v) is 8.22. The van der Waals surface area contributed by atoms with Crippen molar-refractivity contribution in [3.63, 3.8) is 0 Å². The minimum atomic E-state index is -4.68. The lowest BCUT2D eigenvalue weighted by atomic mass is 10.1. The van der Waals surface area contributed by atoms with E-state index >= 15 is 0 Å². The predicted molar refractivity (Wildman–Crippen MR) is 96.5 cm³/mol. The van der Waals surface area contributed by atoms with Crippen molar-refractivity contribution in [2.24, 2.45) is 0 Å². The van der Waals surface area contributed by atoms with Gasteiger partial charge in [0.25, 0.3) is 0 Å². The third-order valence-corrected chi connectivity index (χ3v) is 5.21. The Labute approximate surface area is 163 Å². The smallest absolute Gasteiger partial charge is 0.435 e. The Hall–Kier alpha value is -2.59. The molecule has 148 valence electrons. The molecule has 0 aliphatic rings. The monoisotopic (exact) mass is 431 g/mol. The molecule has 28 heavy (non-hydrogen) atoms. The summed E-state index contributed by atoms with van der Waals surface area (Å²) in [5.74, 6) is 0.382. The van der Waals surface area contributed by atoms with Gasteiger partial charge < -0.3 is 4.74 Å². The molecule has 3 aromatic rings. The van der Waals surface area contributed by atoms with Crippen LogP contribution in [0.25, 0.3) is 17.1 Å². The van der Waals surface area contributed by atoms with Crippen LogP contribution in [0.4, 0.5) is 13.2 Å². The number of alkyl halides is 3. The minimum Gasteiger partial charge on any atom is -0.495 e. The van der Waals surface area contributed by atoms with E-state index in [1.807, 2.05) is 0 Å². The molecule has 11 heteroatoms. The van der Waals surface area contributed by atoms with Gasteiger partial charge in [-0.2, -0.15) is 18.3 Å². The molecule has 1 aromatic carbocycles. The summed E-state index contributed by atoms with van der Waals surface area (Å²) in [5, 5.41) is 3.81.